The largest absolute Gasteiger partial charge is 0.363 e. The Morgan fingerprint density at radius 2 is 1.69 bits per heavy atom. The fraction of sp³-hybridized carbons (Fsp3) is 0.433. The maximum atomic E-state index is 13.5. The fourth-order valence-electron chi connectivity index (χ4n) is 5.66. The number of hydrogen-bond donors (Lipinski definition) is 2. The zero-order chi connectivity index (χ0) is 28.0. The topological polar surface area (TPSA) is 104 Å². The third-order valence-electron chi connectivity index (χ3n) is 7.72. The summed E-state index contributed by atoms with van der Waals surface area (Å²) in [5.41, 5.74) is 1.70. The summed E-state index contributed by atoms with van der Waals surface area (Å²) in [6.45, 7) is 11.3. The number of nitrogens with zero attached hydrogens (tertiary/aromatic N) is 3. The molecule has 0 aliphatic carbocycles. The molecule has 2 atom stereocenters. The van der Waals surface area contributed by atoms with Gasteiger partial charge >= 0.3 is 0 Å². The maximum Gasteiger partial charge on any atom is 0.281 e. The van der Waals surface area contributed by atoms with Crippen molar-refractivity contribution in [1.29, 1.82) is 0 Å². The number of fused-ring (bicyclic) bond motifs is 6. The smallest absolute Gasteiger partial charge is 0.281 e. The predicted molar refractivity (Wildman–Crippen MR) is 153 cm³/mol. The molecule has 2 aliphatic heterocycles. The minimum atomic E-state index is -4.23. The second-order valence-electron chi connectivity index (χ2n) is 12.3. The molecule has 2 N–H and O–H groups in total. The normalized spacial score (nSPS) is 22.6. The van der Waals surface area contributed by atoms with Gasteiger partial charge in [-0.1, -0.05) is 57.2 Å². The molecule has 39 heavy (non-hydrogen) atoms. The highest BCUT2D eigenvalue weighted by molar-refractivity contribution is 7.90. The fourth-order valence-corrected chi connectivity index (χ4v) is 6.60. The van der Waals surface area contributed by atoms with Crippen LogP contribution in [0.3, 0.4) is 0 Å². The van der Waals surface area contributed by atoms with Crippen molar-refractivity contribution >= 4 is 27.6 Å². The van der Waals surface area contributed by atoms with Crippen molar-refractivity contribution in [3.05, 3.63) is 77.5 Å². The lowest BCUT2D eigenvalue weighted by Crippen LogP contribution is -2.41. The summed E-state index contributed by atoms with van der Waals surface area (Å²) in [6, 6.07) is 18.4. The van der Waals surface area contributed by atoms with E-state index in [1.807, 2.05) is 24.3 Å². The molecule has 5 rings (SSSR count). The molecule has 1 unspecified atom stereocenters. The molecular formula is C30H37N5O3S. The van der Waals surface area contributed by atoms with E-state index in [0.29, 0.717) is 17.6 Å². The van der Waals surface area contributed by atoms with Crippen molar-refractivity contribution < 1.29 is 13.2 Å². The van der Waals surface area contributed by atoms with Gasteiger partial charge in [-0.25, -0.2) is 14.7 Å². The Bertz CT molecular complexity index is 1480. The molecule has 8 nitrogen and oxygen atoms in total. The number of anilines is 2. The van der Waals surface area contributed by atoms with Crippen LogP contribution in [-0.4, -0.2) is 36.4 Å². The Balaban J connectivity index is 1.63. The number of aromatic nitrogens is 2. The van der Waals surface area contributed by atoms with Gasteiger partial charge in [0, 0.05) is 23.2 Å². The summed E-state index contributed by atoms with van der Waals surface area (Å²) in [7, 11) is -4.23. The minimum absolute atomic E-state index is 0.0496. The number of sulfonamides is 1. The summed E-state index contributed by atoms with van der Waals surface area (Å²) in [5, 5.41) is 3.24. The van der Waals surface area contributed by atoms with Crippen LogP contribution in [0.4, 0.5) is 11.6 Å². The van der Waals surface area contributed by atoms with Gasteiger partial charge in [-0.15, -0.1) is 0 Å². The van der Waals surface area contributed by atoms with Crippen LogP contribution in [-0.2, 0) is 15.4 Å². The first-order chi connectivity index (χ1) is 18.3. The summed E-state index contributed by atoms with van der Waals surface area (Å²) in [5.74, 6) is 0.628. The Hall–Kier alpha value is -3.46. The number of amides is 1. The van der Waals surface area contributed by atoms with Gasteiger partial charge < -0.3 is 10.2 Å². The monoisotopic (exact) mass is 547 g/mol. The van der Waals surface area contributed by atoms with Crippen LogP contribution < -0.4 is 14.9 Å². The van der Waals surface area contributed by atoms with Crippen molar-refractivity contribution in [3.63, 3.8) is 0 Å². The molecule has 1 aromatic carbocycles. The first kappa shape index (κ1) is 27.1. The molecule has 0 radical (unpaired) electrons. The van der Waals surface area contributed by atoms with Gasteiger partial charge in [0.2, 0.25) is 0 Å². The standard InChI is InChI=1S/C30H37N5O3S/c1-29(2,3)24-17-15-22-27(32-24)35-19-20(18-30(35,4)5)14-16-23(21-10-7-6-8-11-21)31-25-12-9-13-26(33-25)39(37,38)34-28(22)36/h6-13,15,17,20,23H,14,16,18-19H2,1-5H3,(H,31,33)(H,34,36)/t20-,23?/m0/s1. The van der Waals surface area contributed by atoms with Crippen LogP contribution >= 0.6 is 0 Å². The SMILES string of the molecule is CC(C)(C)c1ccc2c(n1)N1C[C@@H](CCC(c3ccccc3)Nc3cccc(n3)S(=O)(=O)NC2=O)CC1(C)C. The number of rotatable bonds is 1. The second-order valence-corrected chi connectivity index (χ2v) is 13.9. The van der Waals surface area contributed by atoms with Crippen LogP contribution in [0.15, 0.2) is 65.7 Å². The molecule has 0 saturated carbocycles. The number of carbonyl (C=O) groups excluding carboxylic acids is 1. The Morgan fingerprint density at radius 1 is 0.949 bits per heavy atom. The second kappa shape index (κ2) is 9.93. The summed E-state index contributed by atoms with van der Waals surface area (Å²) in [4.78, 5) is 25.1. The predicted octanol–water partition coefficient (Wildman–Crippen LogP) is 5.44. The summed E-state index contributed by atoms with van der Waals surface area (Å²) >= 11 is 0. The average Bonchev–Trinajstić information content (AvgIpc) is 3.19. The molecule has 3 aromatic rings. The Kier molecular flexibility index (Phi) is 6.91. The first-order valence-electron chi connectivity index (χ1n) is 13.5. The Morgan fingerprint density at radius 3 is 2.41 bits per heavy atom. The third kappa shape index (κ3) is 5.64. The molecule has 2 aliphatic rings. The molecule has 9 heteroatoms. The lowest BCUT2D eigenvalue weighted by Gasteiger charge is -2.34. The zero-order valence-corrected chi connectivity index (χ0v) is 24.0. The number of carbonyl (C=O) groups is 1. The van der Waals surface area contributed by atoms with E-state index in [0.717, 1.165) is 37.1 Å². The van der Waals surface area contributed by atoms with Crippen molar-refractivity contribution in [1.82, 2.24) is 14.7 Å². The average molecular weight is 548 g/mol. The van der Waals surface area contributed by atoms with Crippen LogP contribution in [0.25, 0.3) is 0 Å². The molecule has 1 amide bonds. The van der Waals surface area contributed by atoms with Crippen molar-refractivity contribution in [2.75, 3.05) is 16.8 Å². The van der Waals surface area contributed by atoms with Gasteiger partial charge in [0.15, 0.2) is 5.03 Å². The van der Waals surface area contributed by atoms with Crippen LogP contribution in [0.5, 0.6) is 0 Å². The van der Waals surface area contributed by atoms with Crippen molar-refractivity contribution in [2.24, 2.45) is 5.92 Å². The Labute approximate surface area is 231 Å². The molecule has 2 aromatic heterocycles. The molecule has 1 saturated heterocycles. The molecular weight excluding hydrogens is 510 g/mol. The van der Waals surface area contributed by atoms with E-state index in [4.69, 9.17) is 4.98 Å². The third-order valence-corrected chi connectivity index (χ3v) is 8.95. The molecule has 4 heterocycles. The van der Waals surface area contributed by atoms with Crippen molar-refractivity contribution in [2.45, 2.75) is 75.9 Å². The molecule has 1 fully saturated rings. The number of pyridine rings is 2. The van der Waals surface area contributed by atoms with E-state index in [-0.39, 0.29) is 27.6 Å². The van der Waals surface area contributed by atoms with E-state index in [2.05, 4.69) is 66.7 Å². The van der Waals surface area contributed by atoms with Crippen LogP contribution in [0, 0.1) is 5.92 Å². The highest BCUT2D eigenvalue weighted by atomic mass is 32.2. The van der Waals surface area contributed by atoms with Gasteiger partial charge in [-0.2, -0.15) is 8.42 Å². The van der Waals surface area contributed by atoms with E-state index in [1.54, 1.807) is 18.2 Å². The van der Waals surface area contributed by atoms with Gasteiger partial charge in [0.25, 0.3) is 15.9 Å². The van der Waals surface area contributed by atoms with Crippen LogP contribution in [0.1, 0.15) is 81.5 Å². The molecule has 0 spiro atoms. The number of hydrogen-bond acceptors (Lipinski definition) is 7. The van der Waals surface area contributed by atoms with E-state index >= 15 is 0 Å². The van der Waals surface area contributed by atoms with Crippen LogP contribution in [0.2, 0.25) is 0 Å². The molecule has 4 bridgehead atoms. The lowest BCUT2D eigenvalue weighted by molar-refractivity contribution is 0.0981. The van der Waals surface area contributed by atoms with Gasteiger partial charge in [0.05, 0.1) is 11.6 Å². The zero-order valence-electron chi connectivity index (χ0n) is 23.2. The number of nitrogens with one attached hydrogen (secondary N) is 2. The molecule has 206 valence electrons. The van der Waals surface area contributed by atoms with Gasteiger partial charge in [-0.05, 0) is 68.9 Å². The minimum Gasteiger partial charge on any atom is -0.363 e. The number of benzene rings is 1. The maximum absolute atomic E-state index is 13.5. The van der Waals surface area contributed by atoms with Crippen molar-refractivity contribution in [3.8, 4) is 0 Å². The lowest BCUT2D eigenvalue weighted by atomic mass is 9.90. The summed E-state index contributed by atoms with van der Waals surface area (Å²) < 4.78 is 28.9. The van der Waals surface area contributed by atoms with E-state index in [9.17, 15) is 13.2 Å². The highest BCUT2D eigenvalue weighted by Crippen LogP contribution is 2.41. The van der Waals surface area contributed by atoms with Gasteiger partial charge in [-0.3, -0.25) is 4.79 Å². The quantitative estimate of drug-likeness (QED) is 0.418. The van der Waals surface area contributed by atoms with Gasteiger partial charge in [0.1, 0.15) is 11.6 Å². The highest BCUT2D eigenvalue weighted by Gasteiger charge is 2.41. The van der Waals surface area contributed by atoms with E-state index in [1.165, 1.54) is 6.07 Å². The summed E-state index contributed by atoms with van der Waals surface area (Å²) in [6.07, 6.45) is 2.73. The van der Waals surface area contributed by atoms with E-state index < -0.39 is 15.9 Å². The first-order valence-corrected chi connectivity index (χ1v) is 15.0.